The van der Waals surface area contributed by atoms with Crippen LogP contribution in [0.2, 0.25) is 5.02 Å². The molecule has 4 rings (SSSR count). The molecule has 0 amide bonds. The number of halogens is 1. The molecule has 2 heterocycles. The van der Waals surface area contributed by atoms with Gasteiger partial charge in [-0.2, -0.15) is 0 Å². The van der Waals surface area contributed by atoms with E-state index in [9.17, 15) is 0 Å². The molecule has 0 aliphatic heterocycles. The Balaban J connectivity index is 2.00. The zero-order valence-corrected chi connectivity index (χ0v) is 16.1. The van der Waals surface area contributed by atoms with Crippen LogP contribution in [0.3, 0.4) is 0 Å². The number of benzene rings is 2. The van der Waals surface area contributed by atoms with Gasteiger partial charge >= 0.3 is 0 Å². The van der Waals surface area contributed by atoms with E-state index in [1.54, 1.807) is 14.2 Å². The largest absolute Gasteiger partial charge is 0.497 e. The monoisotopic (exact) mass is 392 g/mol. The molecule has 0 bridgehead atoms. The van der Waals surface area contributed by atoms with Crippen LogP contribution in [0.4, 0.5) is 5.82 Å². The molecule has 0 saturated carbocycles. The SMILES string of the molecule is COc1ccc(-c2cc(-c3ccc(Cl)cc3)c3c(N)ncnc3n2)c(OC)c1. The number of fused-ring (bicyclic) bond motifs is 1. The number of nitrogens with two attached hydrogens (primary N) is 1. The highest BCUT2D eigenvalue weighted by atomic mass is 35.5. The van der Waals surface area contributed by atoms with Gasteiger partial charge in [0.1, 0.15) is 23.6 Å². The molecule has 28 heavy (non-hydrogen) atoms. The van der Waals surface area contributed by atoms with Gasteiger partial charge in [-0.25, -0.2) is 15.0 Å². The Morgan fingerprint density at radius 3 is 2.39 bits per heavy atom. The van der Waals surface area contributed by atoms with Crippen LogP contribution in [0.25, 0.3) is 33.4 Å². The number of nitrogens with zero attached hydrogens (tertiary/aromatic N) is 3. The summed E-state index contributed by atoms with van der Waals surface area (Å²) in [6.07, 6.45) is 1.41. The lowest BCUT2D eigenvalue weighted by atomic mass is 9.99. The van der Waals surface area contributed by atoms with Gasteiger partial charge in [-0.3, -0.25) is 0 Å². The Morgan fingerprint density at radius 2 is 1.68 bits per heavy atom. The van der Waals surface area contributed by atoms with Crippen LogP contribution < -0.4 is 15.2 Å². The number of rotatable bonds is 4. The fourth-order valence-electron chi connectivity index (χ4n) is 3.09. The fraction of sp³-hybridized carbons (Fsp3) is 0.0952. The van der Waals surface area contributed by atoms with Crippen molar-refractivity contribution in [1.82, 2.24) is 15.0 Å². The van der Waals surface area contributed by atoms with Crippen molar-refractivity contribution in [2.45, 2.75) is 0 Å². The third kappa shape index (κ3) is 3.18. The van der Waals surface area contributed by atoms with Gasteiger partial charge in [0.2, 0.25) is 0 Å². The van der Waals surface area contributed by atoms with E-state index in [1.807, 2.05) is 48.5 Å². The molecule has 2 aromatic carbocycles. The average Bonchev–Trinajstić information content (AvgIpc) is 2.73. The van der Waals surface area contributed by atoms with Crippen molar-refractivity contribution in [2.75, 3.05) is 20.0 Å². The summed E-state index contributed by atoms with van der Waals surface area (Å²) in [6, 6.07) is 15.1. The molecule has 0 spiro atoms. The maximum atomic E-state index is 6.15. The van der Waals surface area contributed by atoms with Crippen molar-refractivity contribution >= 4 is 28.5 Å². The molecule has 0 aliphatic carbocycles. The first kappa shape index (κ1) is 18.0. The molecule has 6 nitrogen and oxygen atoms in total. The number of ether oxygens (including phenoxy) is 2. The number of pyridine rings is 1. The van der Waals surface area contributed by atoms with E-state index in [4.69, 9.17) is 31.8 Å². The van der Waals surface area contributed by atoms with Crippen molar-refractivity contribution in [3.05, 3.63) is 59.9 Å². The Bertz CT molecular complexity index is 1160. The van der Waals surface area contributed by atoms with E-state index < -0.39 is 0 Å². The van der Waals surface area contributed by atoms with Crippen LogP contribution in [0.1, 0.15) is 0 Å². The maximum absolute atomic E-state index is 6.15. The Labute approximate surface area is 166 Å². The van der Waals surface area contributed by atoms with Crippen LogP contribution >= 0.6 is 11.6 Å². The van der Waals surface area contributed by atoms with E-state index in [-0.39, 0.29) is 0 Å². The second-order valence-electron chi connectivity index (χ2n) is 6.09. The van der Waals surface area contributed by atoms with Crippen molar-refractivity contribution in [2.24, 2.45) is 0 Å². The number of nitrogen functional groups attached to an aromatic ring is 1. The first-order valence-corrected chi connectivity index (χ1v) is 8.88. The van der Waals surface area contributed by atoms with Crippen molar-refractivity contribution in [3.63, 3.8) is 0 Å². The van der Waals surface area contributed by atoms with E-state index in [0.717, 1.165) is 16.7 Å². The van der Waals surface area contributed by atoms with Crippen LogP contribution in [0.5, 0.6) is 11.5 Å². The fourth-order valence-corrected chi connectivity index (χ4v) is 3.22. The number of methoxy groups -OCH3 is 2. The maximum Gasteiger partial charge on any atom is 0.165 e. The summed E-state index contributed by atoms with van der Waals surface area (Å²) in [4.78, 5) is 13.2. The standard InChI is InChI=1S/C21H17ClN4O2/c1-27-14-7-8-15(18(9-14)28-2)17-10-16(12-3-5-13(22)6-4-12)19-20(23)24-11-25-21(19)26-17/h3-11H,1-2H3,(H2,23,24,25,26). The lowest BCUT2D eigenvalue weighted by molar-refractivity contribution is 0.395. The van der Waals surface area contributed by atoms with Gasteiger partial charge in [0.25, 0.3) is 0 Å². The summed E-state index contributed by atoms with van der Waals surface area (Å²) in [5, 5.41) is 1.35. The predicted octanol–water partition coefficient (Wildman–Crippen LogP) is 4.61. The molecular formula is C21H17ClN4O2. The zero-order chi connectivity index (χ0) is 19.7. The predicted molar refractivity (Wildman–Crippen MR) is 111 cm³/mol. The molecule has 0 saturated heterocycles. The smallest absolute Gasteiger partial charge is 0.165 e. The first-order chi connectivity index (χ1) is 13.6. The lowest BCUT2D eigenvalue weighted by Crippen LogP contribution is -1.99. The summed E-state index contributed by atoms with van der Waals surface area (Å²) < 4.78 is 10.8. The van der Waals surface area contributed by atoms with Crippen molar-refractivity contribution in [1.29, 1.82) is 0 Å². The number of hydrogen-bond acceptors (Lipinski definition) is 6. The molecule has 7 heteroatoms. The Morgan fingerprint density at radius 1 is 0.893 bits per heavy atom. The second kappa shape index (κ2) is 7.32. The van der Waals surface area contributed by atoms with Crippen LogP contribution in [-0.4, -0.2) is 29.2 Å². The van der Waals surface area contributed by atoms with Gasteiger partial charge in [-0.1, -0.05) is 23.7 Å². The molecular weight excluding hydrogens is 376 g/mol. The minimum atomic E-state index is 0.371. The molecule has 140 valence electrons. The third-order valence-corrected chi connectivity index (χ3v) is 4.73. The summed E-state index contributed by atoms with van der Waals surface area (Å²) in [6.45, 7) is 0. The van der Waals surface area contributed by atoms with Crippen LogP contribution in [-0.2, 0) is 0 Å². The molecule has 0 atom stereocenters. The zero-order valence-electron chi connectivity index (χ0n) is 15.3. The van der Waals surface area contributed by atoms with E-state index in [0.29, 0.717) is 39.1 Å². The van der Waals surface area contributed by atoms with Crippen molar-refractivity contribution in [3.8, 4) is 33.9 Å². The van der Waals surface area contributed by atoms with E-state index in [2.05, 4.69) is 9.97 Å². The van der Waals surface area contributed by atoms with Crippen molar-refractivity contribution < 1.29 is 9.47 Å². The Kier molecular flexibility index (Phi) is 4.71. The highest BCUT2D eigenvalue weighted by Gasteiger charge is 2.16. The minimum absolute atomic E-state index is 0.371. The number of aromatic nitrogens is 3. The molecule has 0 radical (unpaired) electrons. The second-order valence-corrected chi connectivity index (χ2v) is 6.52. The topological polar surface area (TPSA) is 83.2 Å². The van der Waals surface area contributed by atoms with Gasteiger partial charge in [-0.15, -0.1) is 0 Å². The lowest BCUT2D eigenvalue weighted by Gasteiger charge is -2.13. The van der Waals surface area contributed by atoms with E-state index >= 15 is 0 Å². The van der Waals surface area contributed by atoms with Gasteiger partial charge in [0, 0.05) is 16.7 Å². The average molecular weight is 393 g/mol. The molecule has 0 unspecified atom stereocenters. The summed E-state index contributed by atoms with van der Waals surface area (Å²) in [7, 11) is 3.22. The quantitative estimate of drug-likeness (QED) is 0.546. The highest BCUT2D eigenvalue weighted by Crippen LogP contribution is 2.38. The minimum Gasteiger partial charge on any atom is -0.497 e. The molecule has 4 aromatic rings. The van der Waals surface area contributed by atoms with Crippen LogP contribution in [0.15, 0.2) is 54.9 Å². The molecule has 0 aliphatic rings. The Hall–Kier alpha value is -3.38. The highest BCUT2D eigenvalue weighted by molar-refractivity contribution is 6.30. The van der Waals surface area contributed by atoms with Gasteiger partial charge in [0.15, 0.2) is 5.65 Å². The van der Waals surface area contributed by atoms with E-state index in [1.165, 1.54) is 6.33 Å². The van der Waals surface area contributed by atoms with Gasteiger partial charge in [0.05, 0.1) is 25.3 Å². The molecule has 2 aromatic heterocycles. The third-order valence-electron chi connectivity index (χ3n) is 4.47. The van der Waals surface area contributed by atoms with Gasteiger partial charge in [-0.05, 0) is 41.5 Å². The van der Waals surface area contributed by atoms with Crippen LogP contribution in [0, 0.1) is 0 Å². The van der Waals surface area contributed by atoms with Gasteiger partial charge < -0.3 is 15.2 Å². The summed E-state index contributed by atoms with van der Waals surface area (Å²) in [5.41, 5.74) is 9.98. The number of hydrogen-bond donors (Lipinski definition) is 1. The summed E-state index contributed by atoms with van der Waals surface area (Å²) >= 11 is 6.05. The molecule has 2 N–H and O–H groups in total. The number of anilines is 1. The first-order valence-electron chi connectivity index (χ1n) is 8.50. The summed E-state index contributed by atoms with van der Waals surface area (Å²) in [5.74, 6) is 1.72. The normalized spacial score (nSPS) is 10.8. The molecule has 0 fully saturated rings.